The fourth-order valence-electron chi connectivity index (χ4n) is 1.15. The van der Waals surface area contributed by atoms with Crippen molar-refractivity contribution in [2.24, 2.45) is 0 Å². The van der Waals surface area contributed by atoms with Crippen molar-refractivity contribution in [3.8, 4) is 5.75 Å². The maximum atomic E-state index is 11.5. The van der Waals surface area contributed by atoms with E-state index >= 15 is 0 Å². The number of phenolic OH excluding ortho intramolecular Hbond substituents is 1. The molecule has 0 saturated heterocycles. The minimum Gasteiger partial charge on any atom is -0.504 e. The van der Waals surface area contributed by atoms with Gasteiger partial charge in [-0.1, -0.05) is 35.0 Å². The number of rotatable bonds is 3. The molecule has 0 atom stereocenters. The first-order chi connectivity index (χ1) is 8.32. The molecule has 0 aliphatic heterocycles. The Bertz CT molecular complexity index is 506. The topological polar surface area (TPSA) is 66.4 Å². The Balaban J connectivity index is 2.85. The summed E-state index contributed by atoms with van der Waals surface area (Å²) < 4.78 is 0. The molecule has 0 aliphatic rings. The zero-order valence-electron chi connectivity index (χ0n) is 9.71. The number of carbonyl (C=O) groups is 2. The molecule has 0 heterocycles. The van der Waals surface area contributed by atoms with Crippen molar-refractivity contribution >= 4 is 51.7 Å². The maximum Gasteiger partial charge on any atom is 0.234 e. The van der Waals surface area contributed by atoms with Gasteiger partial charge in [0.15, 0.2) is 10.9 Å². The van der Waals surface area contributed by atoms with E-state index in [1.807, 2.05) is 0 Å². The molecular formula is C11H11Cl2NO3S. The summed E-state index contributed by atoms with van der Waals surface area (Å²) in [4.78, 5) is 22.2. The molecule has 0 spiro atoms. The van der Waals surface area contributed by atoms with Crippen LogP contribution in [0.25, 0.3) is 0 Å². The van der Waals surface area contributed by atoms with Gasteiger partial charge < -0.3 is 10.4 Å². The standard InChI is InChI=1S/C11H11Cl2NO3S/c1-5-7(12)3-8(11(17)10(5)13)14-9(16)4-18-6(2)15/h3,17H,4H2,1-2H3,(H,14,16). The van der Waals surface area contributed by atoms with Gasteiger partial charge in [-0.3, -0.25) is 9.59 Å². The lowest BCUT2D eigenvalue weighted by atomic mass is 10.2. The Morgan fingerprint density at radius 3 is 2.61 bits per heavy atom. The molecule has 18 heavy (non-hydrogen) atoms. The van der Waals surface area contributed by atoms with E-state index in [0.29, 0.717) is 10.6 Å². The highest BCUT2D eigenvalue weighted by atomic mass is 35.5. The van der Waals surface area contributed by atoms with E-state index in [-0.39, 0.29) is 27.3 Å². The number of thioether (sulfide) groups is 1. The molecule has 0 saturated carbocycles. The zero-order chi connectivity index (χ0) is 13.9. The summed E-state index contributed by atoms with van der Waals surface area (Å²) in [6.45, 7) is 3.02. The second-order valence-electron chi connectivity index (χ2n) is 3.52. The van der Waals surface area contributed by atoms with Gasteiger partial charge in [0.2, 0.25) is 5.91 Å². The van der Waals surface area contributed by atoms with Crippen LogP contribution in [-0.2, 0) is 9.59 Å². The number of anilines is 1. The van der Waals surface area contributed by atoms with Gasteiger partial charge >= 0.3 is 0 Å². The van der Waals surface area contributed by atoms with Gasteiger partial charge in [0.25, 0.3) is 0 Å². The van der Waals surface area contributed by atoms with Crippen molar-refractivity contribution in [3.63, 3.8) is 0 Å². The van der Waals surface area contributed by atoms with Crippen LogP contribution in [0.1, 0.15) is 12.5 Å². The number of hydrogen-bond donors (Lipinski definition) is 2. The lowest BCUT2D eigenvalue weighted by Gasteiger charge is -2.11. The van der Waals surface area contributed by atoms with Crippen molar-refractivity contribution in [1.29, 1.82) is 0 Å². The van der Waals surface area contributed by atoms with Gasteiger partial charge in [-0.2, -0.15) is 0 Å². The summed E-state index contributed by atoms with van der Waals surface area (Å²) in [6.07, 6.45) is 0. The second kappa shape index (κ2) is 6.31. The summed E-state index contributed by atoms with van der Waals surface area (Å²) in [5, 5.41) is 12.5. The summed E-state index contributed by atoms with van der Waals surface area (Å²) >= 11 is 12.6. The van der Waals surface area contributed by atoms with Crippen molar-refractivity contribution in [3.05, 3.63) is 21.7 Å². The number of benzene rings is 1. The first-order valence-corrected chi connectivity index (χ1v) is 6.68. The molecule has 2 N–H and O–H groups in total. The number of amides is 1. The molecule has 4 nitrogen and oxygen atoms in total. The van der Waals surface area contributed by atoms with E-state index in [4.69, 9.17) is 23.2 Å². The number of carbonyl (C=O) groups excluding carboxylic acids is 2. The first-order valence-electron chi connectivity index (χ1n) is 4.93. The molecule has 0 bridgehead atoms. The van der Waals surface area contributed by atoms with E-state index in [9.17, 15) is 14.7 Å². The van der Waals surface area contributed by atoms with Crippen LogP contribution in [-0.4, -0.2) is 21.9 Å². The quantitative estimate of drug-likeness (QED) is 0.841. The van der Waals surface area contributed by atoms with Crippen molar-refractivity contribution in [1.82, 2.24) is 0 Å². The smallest absolute Gasteiger partial charge is 0.234 e. The summed E-state index contributed by atoms with van der Waals surface area (Å²) in [5.74, 6) is -0.682. The largest absolute Gasteiger partial charge is 0.504 e. The van der Waals surface area contributed by atoms with Crippen molar-refractivity contribution in [2.75, 3.05) is 11.1 Å². The average Bonchev–Trinajstić information content (AvgIpc) is 2.30. The minimum absolute atomic E-state index is 0.0299. The Morgan fingerprint density at radius 1 is 1.44 bits per heavy atom. The molecule has 1 rings (SSSR count). The van der Waals surface area contributed by atoms with E-state index < -0.39 is 5.91 Å². The Labute approximate surface area is 119 Å². The van der Waals surface area contributed by atoms with Crippen LogP contribution >= 0.6 is 35.0 Å². The number of aromatic hydroxyl groups is 1. The molecule has 0 aromatic heterocycles. The highest BCUT2D eigenvalue weighted by Gasteiger charge is 2.14. The molecule has 1 amide bonds. The van der Waals surface area contributed by atoms with Gasteiger partial charge in [0.1, 0.15) is 0 Å². The molecule has 0 radical (unpaired) electrons. The molecule has 0 fully saturated rings. The summed E-state index contributed by atoms with van der Waals surface area (Å²) in [5.41, 5.74) is 0.664. The Kier molecular flexibility index (Phi) is 5.31. The molecule has 0 aliphatic carbocycles. The van der Waals surface area contributed by atoms with Crippen LogP contribution in [0.2, 0.25) is 10.0 Å². The zero-order valence-corrected chi connectivity index (χ0v) is 12.0. The lowest BCUT2D eigenvalue weighted by molar-refractivity contribution is -0.114. The van der Waals surface area contributed by atoms with E-state index in [0.717, 1.165) is 11.8 Å². The van der Waals surface area contributed by atoms with Gasteiger partial charge in [-0.25, -0.2) is 0 Å². The summed E-state index contributed by atoms with van der Waals surface area (Å²) in [7, 11) is 0. The first kappa shape index (κ1) is 15.1. The molecule has 1 aromatic rings. The van der Waals surface area contributed by atoms with Crippen LogP contribution in [0, 0.1) is 6.92 Å². The molecular weight excluding hydrogens is 297 g/mol. The van der Waals surface area contributed by atoms with Gasteiger partial charge in [-0.05, 0) is 18.6 Å². The van der Waals surface area contributed by atoms with Crippen molar-refractivity contribution in [2.45, 2.75) is 13.8 Å². The normalized spacial score (nSPS) is 10.2. The fourth-order valence-corrected chi connectivity index (χ4v) is 2.01. The molecule has 0 unspecified atom stereocenters. The van der Waals surface area contributed by atoms with Crippen LogP contribution in [0.3, 0.4) is 0 Å². The number of halogens is 2. The second-order valence-corrected chi connectivity index (χ2v) is 5.46. The molecule has 7 heteroatoms. The predicted molar refractivity (Wildman–Crippen MR) is 74.6 cm³/mol. The number of phenols is 1. The van der Waals surface area contributed by atoms with Crippen molar-refractivity contribution < 1.29 is 14.7 Å². The average molecular weight is 308 g/mol. The number of nitrogens with one attached hydrogen (secondary N) is 1. The molecule has 98 valence electrons. The summed E-state index contributed by atoms with van der Waals surface area (Å²) in [6, 6.07) is 1.41. The third-order valence-corrected chi connectivity index (χ3v) is 3.77. The predicted octanol–water partition coefficient (Wildman–Crippen LogP) is 3.23. The van der Waals surface area contributed by atoms with E-state index in [2.05, 4.69) is 5.32 Å². The highest BCUT2D eigenvalue weighted by molar-refractivity contribution is 8.14. The highest BCUT2D eigenvalue weighted by Crippen LogP contribution is 2.38. The van der Waals surface area contributed by atoms with Crippen LogP contribution in [0.4, 0.5) is 5.69 Å². The van der Waals surface area contributed by atoms with Gasteiger partial charge in [0.05, 0.1) is 16.5 Å². The lowest BCUT2D eigenvalue weighted by Crippen LogP contribution is -2.15. The van der Waals surface area contributed by atoms with Gasteiger partial charge in [-0.15, -0.1) is 0 Å². The van der Waals surface area contributed by atoms with E-state index in [1.54, 1.807) is 6.92 Å². The third kappa shape index (κ3) is 3.80. The Hall–Kier alpha value is -0.910. The molecule has 1 aromatic carbocycles. The maximum absolute atomic E-state index is 11.5. The third-order valence-electron chi connectivity index (χ3n) is 2.10. The van der Waals surface area contributed by atoms with Crippen LogP contribution in [0.15, 0.2) is 6.07 Å². The Morgan fingerprint density at radius 2 is 2.06 bits per heavy atom. The van der Waals surface area contributed by atoms with Gasteiger partial charge in [0, 0.05) is 11.9 Å². The fraction of sp³-hybridized carbons (Fsp3) is 0.273. The van der Waals surface area contributed by atoms with Crippen LogP contribution < -0.4 is 5.32 Å². The minimum atomic E-state index is -0.415. The monoisotopic (exact) mass is 307 g/mol. The number of hydrogen-bond acceptors (Lipinski definition) is 4. The SMILES string of the molecule is CC(=O)SCC(=O)Nc1cc(Cl)c(C)c(Cl)c1O. The van der Waals surface area contributed by atoms with Crippen LogP contribution in [0.5, 0.6) is 5.75 Å². The van der Waals surface area contributed by atoms with E-state index in [1.165, 1.54) is 13.0 Å².